The minimum atomic E-state index is -0.395. The Balaban J connectivity index is 1.61. The summed E-state index contributed by atoms with van der Waals surface area (Å²) in [4.78, 5) is 12.6. The average Bonchev–Trinajstić information content (AvgIpc) is 2.71. The van der Waals surface area contributed by atoms with Crippen LogP contribution in [0.25, 0.3) is 11.0 Å². The molecule has 0 atom stereocenters. The van der Waals surface area contributed by atoms with E-state index in [0.717, 1.165) is 16.5 Å². The maximum Gasteiger partial charge on any atom is 0.340 e. The maximum absolute atomic E-state index is 13.2. The summed E-state index contributed by atoms with van der Waals surface area (Å²) in [5.74, 6) is 0.143. The van der Waals surface area contributed by atoms with E-state index in [1.165, 1.54) is 12.1 Å². The first-order valence-electron chi connectivity index (χ1n) is 9.18. The Hall–Kier alpha value is -3.11. The third-order valence-corrected chi connectivity index (χ3v) is 5.24. The molecule has 0 bridgehead atoms. The zero-order chi connectivity index (χ0) is 20.4. The molecule has 0 radical (unpaired) electrons. The number of aryl methyl sites for hydroxylation is 1. The van der Waals surface area contributed by atoms with Crippen molar-refractivity contribution in [3.63, 3.8) is 0 Å². The highest BCUT2D eigenvalue weighted by Crippen LogP contribution is 2.26. The standard InChI is InChI=1S/C24H18ClFO3/c1-15-20-10-9-19(28-14-17-7-8-18(26)12-22(17)25)13-23(20)29-24(27)21(15)11-16-5-3-2-4-6-16/h2-10,12-13H,11,14H2,1H3. The SMILES string of the molecule is Cc1c(Cc2ccccc2)c(=O)oc2cc(OCc3ccc(F)cc3Cl)ccc12. The number of fused-ring (bicyclic) bond motifs is 1. The van der Waals surface area contributed by atoms with Gasteiger partial charge in [-0.05, 0) is 42.3 Å². The summed E-state index contributed by atoms with van der Waals surface area (Å²) in [5, 5.41) is 1.17. The molecule has 0 amide bonds. The van der Waals surface area contributed by atoms with Crippen LogP contribution in [0.2, 0.25) is 5.02 Å². The van der Waals surface area contributed by atoms with Gasteiger partial charge in [0.15, 0.2) is 0 Å². The van der Waals surface area contributed by atoms with Gasteiger partial charge in [-0.2, -0.15) is 0 Å². The molecule has 0 fully saturated rings. The molecule has 1 heterocycles. The second-order valence-corrected chi connectivity index (χ2v) is 7.25. The normalized spacial score (nSPS) is 11.0. The van der Waals surface area contributed by atoms with Crippen LogP contribution in [-0.4, -0.2) is 0 Å². The third-order valence-electron chi connectivity index (χ3n) is 4.89. The van der Waals surface area contributed by atoms with Gasteiger partial charge in [-0.15, -0.1) is 0 Å². The largest absolute Gasteiger partial charge is 0.489 e. The number of halogens is 2. The number of ether oxygens (including phenoxy) is 1. The lowest BCUT2D eigenvalue weighted by Gasteiger charge is -2.11. The molecular formula is C24H18ClFO3. The van der Waals surface area contributed by atoms with Crippen LogP contribution < -0.4 is 10.4 Å². The van der Waals surface area contributed by atoms with Crippen molar-refractivity contribution in [2.45, 2.75) is 20.0 Å². The summed E-state index contributed by atoms with van der Waals surface area (Å²) in [6.45, 7) is 2.11. The molecule has 1 aromatic heterocycles. The molecule has 0 aliphatic rings. The fraction of sp³-hybridized carbons (Fsp3) is 0.125. The van der Waals surface area contributed by atoms with Crippen LogP contribution in [-0.2, 0) is 13.0 Å². The van der Waals surface area contributed by atoms with Crippen molar-refractivity contribution < 1.29 is 13.5 Å². The molecule has 29 heavy (non-hydrogen) atoms. The predicted molar refractivity (Wildman–Crippen MR) is 112 cm³/mol. The Morgan fingerprint density at radius 1 is 1.03 bits per heavy atom. The molecule has 4 rings (SSSR count). The fourth-order valence-electron chi connectivity index (χ4n) is 3.27. The summed E-state index contributed by atoms with van der Waals surface area (Å²) in [6.07, 6.45) is 0.520. The van der Waals surface area contributed by atoms with Gasteiger partial charge in [0.1, 0.15) is 23.8 Å². The van der Waals surface area contributed by atoms with Crippen molar-refractivity contribution in [2.75, 3.05) is 0 Å². The topological polar surface area (TPSA) is 39.4 Å². The van der Waals surface area contributed by atoms with E-state index in [0.29, 0.717) is 33.9 Å². The van der Waals surface area contributed by atoms with Gasteiger partial charge in [0.2, 0.25) is 0 Å². The predicted octanol–water partition coefficient (Wildman–Crippen LogP) is 6.06. The monoisotopic (exact) mass is 408 g/mol. The molecule has 4 aromatic rings. The van der Waals surface area contributed by atoms with Crippen LogP contribution in [0.3, 0.4) is 0 Å². The molecule has 0 saturated carbocycles. The zero-order valence-electron chi connectivity index (χ0n) is 15.7. The molecule has 0 unspecified atom stereocenters. The highest BCUT2D eigenvalue weighted by Gasteiger charge is 2.13. The number of rotatable bonds is 5. The van der Waals surface area contributed by atoms with E-state index in [2.05, 4.69) is 0 Å². The molecule has 0 N–H and O–H groups in total. The van der Waals surface area contributed by atoms with Crippen molar-refractivity contribution in [2.24, 2.45) is 0 Å². The third kappa shape index (κ3) is 4.17. The van der Waals surface area contributed by atoms with Gasteiger partial charge < -0.3 is 9.15 Å². The number of hydrogen-bond acceptors (Lipinski definition) is 3. The molecular weight excluding hydrogens is 391 g/mol. The van der Waals surface area contributed by atoms with Crippen molar-refractivity contribution >= 4 is 22.6 Å². The molecule has 0 aliphatic heterocycles. The summed E-state index contributed by atoms with van der Waals surface area (Å²) in [7, 11) is 0. The van der Waals surface area contributed by atoms with Crippen LogP contribution in [0, 0.1) is 12.7 Å². The zero-order valence-corrected chi connectivity index (χ0v) is 16.5. The Kier molecular flexibility index (Phi) is 5.36. The van der Waals surface area contributed by atoms with Gasteiger partial charge in [0, 0.05) is 29.0 Å². The van der Waals surface area contributed by atoms with Crippen LogP contribution in [0.5, 0.6) is 5.75 Å². The van der Waals surface area contributed by atoms with Gasteiger partial charge in [-0.25, -0.2) is 9.18 Å². The Morgan fingerprint density at radius 3 is 2.59 bits per heavy atom. The van der Waals surface area contributed by atoms with Crippen LogP contribution in [0.15, 0.2) is 75.9 Å². The first-order valence-corrected chi connectivity index (χ1v) is 9.56. The van der Waals surface area contributed by atoms with E-state index in [9.17, 15) is 9.18 Å². The van der Waals surface area contributed by atoms with E-state index in [4.69, 9.17) is 20.8 Å². The summed E-state index contributed by atoms with van der Waals surface area (Å²) in [6, 6.07) is 19.4. The minimum absolute atomic E-state index is 0.180. The van der Waals surface area contributed by atoms with Gasteiger partial charge in [-0.1, -0.05) is 48.0 Å². The van der Waals surface area contributed by atoms with E-state index in [1.54, 1.807) is 12.1 Å². The van der Waals surface area contributed by atoms with E-state index in [-0.39, 0.29) is 12.2 Å². The Bertz CT molecular complexity index is 1230. The van der Waals surface area contributed by atoms with E-state index in [1.807, 2.05) is 49.4 Å². The quantitative estimate of drug-likeness (QED) is 0.376. The molecule has 3 nitrogen and oxygen atoms in total. The van der Waals surface area contributed by atoms with E-state index >= 15 is 0 Å². The van der Waals surface area contributed by atoms with Gasteiger partial charge in [0.05, 0.1) is 5.02 Å². The lowest BCUT2D eigenvalue weighted by atomic mass is 10.00. The van der Waals surface area contributed by atoms with Gasteiger partial charge >= 0.3 is 5.63 Å². The highest BCUT2D eigenvalue weighted by atomic mass is 35.5. The summed E-state index contributed by atoms with van der Waals surface area (Å²) in [5.41, 5.74) is 3.38. The smallest absolute Gasteiger partial charge is 0.340 e. The molecule has 0 saturated heterocycles. The number of hydrogen-bond donors (Lipinski definition) is 0. The Labute approximate surface area is 172 Å². The van der Waals surface area contributed by atoms with Crippen LogP contribution in [0.4, 0.5) is 4.39 Å². The highest BCUT2D eigenvalue weighted by molar-refractivity contribution is 6.31. The Morgan fingerprint density at radius 2 is 1.83 bits per heavy atom. The number of benzene rings is 3. The molecule has 0 spiro atoms. The van der Waals surface area contributed by atoms with Crippen LogP contribution in [0.1, 0.15) is 22.3 Å². The van der Waals surface area contributed by atoms with E-state index < -0.39 is 5.82 Å². The second kappa shape index (κ2) is 8.10. The van der Waals surface area contributed by atoms with Crippen molar-refractivity contribution in [1.29, 1.82) is 0 Å². The molecule has 146 valence electrons. The molecule has 0 aliphatic carbocycles. The van der Waals surface area contributed by atoms with Gasteiger partial charge in [0.25, 0.3) is 0 Å². The van der Waals surface area contributed by atoms with Crippen molar-refractivity contribution in [1.82, 2.24) is 0 Å². The lowest BCUT2D eigenvalue weighted by Crippen LogP contribution is -2.11. The van der Waals surface area contributed by atoms with Gasteiger partial charge in [-0.3, -0.25) is 0 Å². The van der Waals surface area contributed by atoms with Crippen molar-refractivity contribution in [3.05, 3.63) is 110 Å². The summed E-state index contributed by atoms with van der Waals surface area (Å²) < 4.78 is 24.5. The minimum Gasteiger partial charge on any atom is -0.489 e. The maximum atomic E-state index is 13.2. The van der Waals surface area contributed by atoms with Crippen LogP contribution >= 0.6 is 11.6 Å². The summed E-state index contributed by atoms with van der Waals surface area (Å²) >= 11 is 6.04. The first kappa shape index (κ1) is 19.2. The average molecular weight is 409 g/mol. The van der Waals surface area contributed by atoms with Crippen molar-refractivity contribution in [3.8, 4) is 5.75 Å². The fourth-order valence-corrected chi connectivity index (χ4v) is 3.49. The molecule has 3 aromatic carbocycles. The molecule has 5 heteroatoms. The second-order valence-electron chi connectivity index (χ2n) is 6.84. The lowest BCUT2D eigenvalue weighted by molar-refractivity contribution is 0.306. The first-order chi connectivity index (χ1) is 14.0.